The first-order valence-electron chi connectivity index (χ1n) is 3.71. The van der Waals surface area contributed by atoms with Gasteiger partial charge in [0.2, 0.25) is 0 Å². The van der Waals surface area contributed by atoms with Crippen LogP contribution in [0.3, 0.4) is 0 Å². The molecule has 1 N–H and O–H groups in total. The standard InChI is InChI=1S/C7H15AsO/c8-5-6-1-3-7(9)4-2-6/h6-7,9H,1-5,8H2. The third-order valence-electron chi connectivity index (χ3n) is 2.15. The van der Waals surface area contributed by atoms with Crippen molar-refractivity contribution < 1.29 is 5.11 Å². The first-order valence-corrected chi connectivity index (χ1v) is 5.42. The first-order chi connectivity index (χ1) is 4.33. The summed E-state index contributed by atoms with van der Waals surface area (Å²) in [6, 6.07) is 0. The molecule has 1 aliphatic rings. The van der Waals surface area contributed by atoms with Gasteiger partial charge in [-0.1, -0.05) is 0 Å². The normalized spacial score (nSPS) is 36.7. The van der Waals surface area contributed by atoms with Crippen molar-refractivity contribution in [2.45, 2.75) is 37.0 Å². The fourth-order valence-electron chi connectivity index (χ4n) is 1.38. The number of hydrogen-bond donors (Lipinski definition) is 1. The van der Waals surface area contributed by atoms with Crippen molar-refractivity contribution in [2.24, 2.45) is 5.92 Å². The average Bonchev–Trinajstić information content (AvgIpc) is 1.90. The summed E-state index contributed by atoms with van der Waals surface area (Å²) in [7, 11) is 0. The van der Waals surface area contributed by atoms with Gasteiger partial charge < -0.3 is 0 Å². The Bertz CT molecular complexity index is 77.0. The number of aliphatic hydroxyl groups excluding tert-OH is 1. The van der Waals surface area contributed by atoms with Crippen LogP contribution in [-0.2, 0) is 0 Å². The van der Waals surface area contributed by atoms with E-state index in [1.807, 2.05) is 16.9 Å². The Morgan fingerprint density at radius 1 is 1.22 bits per heavy atom. The predicted molar refractivity (Wildman–Crippen MR) is 41.3 cm³/mol. The van der Waals surface area contributed by atoms with E-state index >= 15 is 0 Å². The summed E-state index contributed by atoms with van der Waals surface area (Å²) in [5.41, 5.74) is 0. The van der Waals surface area contributed by atoms with Crippen molar-refractivity contribution in [3.05, 3.63) is 0 Å². The van der Waals surface area contributed by atoms with E-state index in [1.54, 1.807) is 0 Å². The summed E-state index contributed by atoms with van der Waals surface area (Å²) < 4.78 is 0. The van der Waals surface area contributed by atoms with Crippen LogP contribution in [-0.4, -0.2) is 28.1 Å². The SMILES string of the molecule is OC1CCC(C[AsH2])CC1. The third kappa shape index (κ3) is 2.31. The van der Waals surface area contributed by atoms with Gasteiger partial charge in [-0.05, 0) is 0 Å². The van der Waals surface area contributed by atoms with E-state index in [0.29, 0.717) is 0 Å². The van der Waals surface area contributed by atoms with Crippen LogP contribution in [0.15, 0.2) is 0 Å². The molecule has 0 aliphatic heterocycles. The molecule has 0 heterocycles. The second-order valence-corrected chi connectivity index (χ2v) is 3.90. The summed E-state index contributed by atoms with van der Waals surface area (Å²) in [4.78, 5) is 0. The zero-order chi connectivity index (χ0) is 6.69. The Morgan fingerprint density at radius 2 is 1.78 bits per heavy atom. The fraction of sp³-hybridized carbons (Fsp3) is 1.00. The zero-order valence-corrected chi connectivity index (χ0v) is 8.14. The molecule has 1 fully saturated rings. The quantitative estimate of drug-likeness (QED) is 0.600. The monoisotopic (exact) mass is 190 g/mol. The Morgan fingerprint density at radius 3 is 2.22 bits per heavy atom. The summed E-state index contributed by atoms with van der Waals surface area (Å²) in [6.07, 6.45) is 4.66. The minimum absolute atomic E-state index is 0.0281. The predicted octanol–water partition coefficient (Wildman–Crippen LogP) is 0.589. The van der Waals surface area contributed by atoms with Crippen LogP contribution in [0.1, 0.15) is 25.7 Å². The fourth-order valence-corrected chi connectivity index (χ4v) is 2.37. The van der Waals surface area contributed by atoms with Crippen molar-refractivity contribution >= 4 is 16.9 Å². The number of rotatable bonds is 1. The van der Waals surface area contributed by atoms with Crippen molar-refractivity contribution in [2.75, 3.05) is 0 Å². The van der Waals surface area contributed by atoms with Crippen LogP contribution in [0.2, 0.25) is 5.21 Å². The molecule has 0 bridgehead atoms. The Balaban J connectivity index is 2.18. The molecule has 0 saturated heterocycles. The van der Waals surface area contributed by atoms with Gasteiger partial charge in [-0.3, -0.25) is 0 Å². The molecule has 2 heteroatoms. The van der Waals surface area contributed by atoms with E-state index in [9.17, 15) is 0 Å². The molecule has 1 atom stereocenters. The molecule has 1 unspecified atom stereocenters. The minimum atomic E-state index is 0.0281. The number of hydrogen-bond acceptors (Lipinski definition) is 1. The van der Waals surface area contributed by atoms with Gasteiger partial charge in [-0.15, -0.1) is 0 Å². The second-order valence-electron chi connectivity index (χ2n) is 2.91. The van der Waals surface area contributed by atoms with Crippen molar-refractivity contribution in [1.82, 2.24) is 0 Å². The molecule has 1 rings (SSSR count). The van der Waals surface area contributed by atoms with Crippen LogP contribution in [0.4, 0.5) is 0 Å². The van der Waals surface area contributed by atoms with Crippen molar-refractivity contribution in [1.29, 1.82) is 0 Å². The van der Waals surface area contributed by atoms with Gasteiger partial charge in [0.1, 0.15) is 0 Å². The molecule has 1 saturated carbocycles. The van der Waals surface area contributed by atoms with Crippen LogP contribution < -0.4 is 0 Å². The van der Waals surface area contributed by atoms with Crippen molar-refractivity contribution in [3.63, 3.8) is 0 Å². The summed E-state index contributed by atoms with van der Waals surface area (Å²) in [5, 5.41) is 10.5. The van der Waals surface area contributed by atoms with Crippen LogP contribution in [0, 0.1) is 5.92 Å². The number of aliphatic hydroxyl groups is 1. The Hall–Kier alpha value is 0.518. The van der Waals surface area contributed by atoms with Gasteiger partial charge in [-0.2, -0.15) is 0 Å². The molecule has 9 heavy (non-hydrogen) atoms. The van der Waals surface area contributed by atoms with Gasteiger partial charge >= 0.3 is 64.9 Å². The molecule has 0 aromatic heterocycles. The van der Waals surface area contributed by atoms with Gasteiger partial charge in [0, 0.05) is 0 Å². The maximum atomic E-state index is 9.13. The average molecular weight is 190 g/mol. The van der Waals surface area contributed by atoms with Gasteiger partial charge in [0.05, 0.1) is 0 Å². The Labute approximate surface area is 65.3 Å². The molecule has 0 radical (unpaired) electrons. The summed E-state index contributed by atoms with van der Waals surface area (Å²) in [5.74, 6) is 0.938. The van der Waals surface area contributed by atoms with Gasteiger partial charge in [-0.25, -0.2) is 0 Å². The molecule has 1 aliphatic carbocycles. The zero-order valence-electron chi connectivity index (χ0n) is 5.71. The Kier molecular flexibility index (Phi) is 3.07. The van der Waals surface area contributed by atoms with E-state index in [-0.39, 0.29) is 6.10 Å². The van der Waals surface area contributed by atoms with Crippen molar-refractivity contribution in [3.8, 4) is 0 Å². The van der Waals surface area contributed by atoms with Crippen LogP contribution in [0.25, 0.3) is 0 Å². The molecule has 0 aromatic rings. The molecular formula is C7H15AsO. The molecular weight excluding hydrogens is 175 g/mol. The topological polar surface area (TPSA) is 20.2 Å². The summed E-state index contributed by atoms with van der Waals surface area (Å²) >= 11 is 1.83. The summed E-state index contributed by atoms with van der Waals surface area (Å²) in [6.45, 7) is 0. The van der Waals surface area contributed by atoms with Gasteiger partial charge in [0.15, 0.2) is 0 Å². The van der Waals surface area contributed by atoms with E-state index in [0.717, 1.165) is 18.8 Å². The first kappa shape index (κ1) is 7.62. The molecule has 0 amide bonds. The molecule has 54 valence electrons. The van der Waals surface area contributed by atoms with Crippen LogP contribution >= 0.6 is 0 Å². The van der Waals surface area contributed by atoms with E-state index in [2.05, 4.69) is 0 Å². The van der Waals surface area contributed by atoms with E-state index in [4.69, 9.17) is 5.11 Å². The van der Waals surface area contributed by atoms with Crippen LogP contribution in [0.5, 0.6) is 0 Å². The third-order valence-corrected chi connectivity index (χ3v) is 3.55. The maximum absolute atomic E-state index is 9.13. The molecule has 1 nitrogen and oxygen atoms in total. The van der Waals surface area contributed by atoms with E-state index in [1.165, 1.54) is 18.1 Å². The molecule has 0 spiro atoms. The second kappa shape index (κ2) is 3.63. The molecule has 0 aromatic carbocycles. The van der Waals surface area contributed by atoms with E-state index < -0.39 is 0 Å². The van der Waals surface area contributed by atoms with Gasteiger partial charge in [0.25, 0.3) is 0 Å².